The Morgan fingerprint density at radius 1 is 1.43 bits per heavy atom. The molecule has 1 saturated heterocycles. The van der Waals surface area contributed by atoms with Crippen LogP contribution in [0.3, 0.4) is 0 Å². The molecule has 6 nitrogen and oxygen atoms in total. The molecule has 126 valence electrons. The van der Waals surface area contributed by atoms with Crippen LogP contribution in [-0.2, 0) is 16.1 Å². The smallest absolute Gasteiger partial charge is 0.262 e. The maximum atomic E-state index is 13.1. The Balaban J connectivity index is 1.97. The number of anilines is 1. The van der Waals surface area contributed by atoms with Crippen LogP contribution in [0, 0.1) is 0 Å². The summed E-state index contributed by atoms with van der Waals surface area (Å²) in [5.74, 6) is -3.07. The molecule has 1 aliphatic rings. The second-order valence-corrected chi connectivity index (χ2v) is 5.43. The van der Waals surface area contributed by atoms with Crippen molar-refractivity contribution in [2.45, 2.75) is 31.9 Å². The van der Waals surface area contributed by atoms with E-state index in [0.717, 1.165) is 0 Å². The van der Waals surface area contributed by atoms with Crippen LogP contribution in [0.5, 0.6) is 5.75 Å². The monoisotopic (exact) mass is 327 g/mol. The lowest BCUT2D eigenvalue weighted by Gasteiger charge is -2.13. The van der Waals surface area contributed by atoms with Crippen molar-refractivity contribution in [3.8, 4) is 5.75 Å². The highest BCUT2D eigenvalue weighted by atomic mass is 19.3. The lowest BCUT2D eigenvalue weighted by Crippen LogP contribution is -2.40. The highest BCUT2D eigenvalue weighted by Crippen LogP contribution is 2.26. The van der Waals surface area contributed by atoms with Crippen molar-refractivity contribution in [1.82, 2.24) is 10.6 Å². The predicted molar refractivity (Wildman–Crippen MR) is 80.5 cm³/mol. The first kappa shape index (κ1) is 17.1. The fourth-order valence-corrected chi connectivity index (χ4v) is 2.37. The van der Waals surface area contributed by atoms with Crippen LogP contribution in [0.4, 0.5) is 14.5 Å². The zero-order valence-electron chi connectivity index (χ0n) is 12.9. The van der Waals surface area contributed by atoms with E-state index in [2.05, 4.69) is 16.0 Å². The van der Waals surface area contributed by atoms with Crippen molar-refractivity contribution < 1.29 is 23.1 Å². The van der Waals surface area contributed by atoms with Crippen LogP contribution in [-0.4, -0.2) is 37.4 Å². The molecule has 0 aliphatic carbocycles. The van der Waals surface area contributed by atoms with Crippen molar-refractivity contribution in [2.75, 3.05) is 19.0 Å². The van der Waals surface area contributed by atoms with E-state index in [0.29, 0.717) is 17.0 Å². The van der Waals surface area contributed by atoms with Gasteiger partial charge in [0.15, 0.2) is 0 Å². The minimum Gasteiger partial charge on any atom is -0.495 e. The molecule has 3 N–H and O–H groups in total. The van der Waals surface area contributed by atoms with E-state index in [-0.39, 0.29) is 12.5 Å². The molecule has 8 heteroatoms. The third-order valence-corrected chi connectivity index (χ3v) is 3.47. The summed E-state index contributed by atoms with van der Waals surface area (Å²) in [6.07, 6.45) is -0.501. The number of carbonyl (C=O) groups is 2. The number of benzene rings is 1. The molecule has 0 radical (unpaired) electrons. The SMILES string of the molecule is COc1ccc(CNC(=O)C2CC(F)(F)CN2)cc1NC(C)=O. The number of methoxy groups -OCH3 is 1. The summed E-state index contributed by atoms with van der Waals surface area (Å²) in [7, 11) is 1.48. The Labute approximate surface area is 132 Å². The number of hydrogen-bond donors (Lipinski definition) is 3. The van der Waals surface area contributed by atoms with E-state index >= 15 is 0 Å². The molecule has 1 heterocycles. The number of hydrogen-bond acceptors (Lipinski definition) is 4. The molecule has 0 saturated carbocycles. The average molecular weight is 327 g/mol. The molecule has 0 spiro atoms. The van der Waals surface area contributed by atoms with Crippen molar-refractivity contribution in [2.24, 2.45) is 0 Å². The van der Waals surface area contributed by atoms with Gasteiger partial charge < -0.3 is 15.4 Å². The van der Waals surface area contributed by atoms with Crippen LogP contribution in [0.15, 0.2) is 18.2 Å². The van der Waals surface area contributed by atoms with Crippen LogP contribution in [0.1, 0.15) is 18.9 Å². The Hall–Kier alpha value is -2.22. The van der Waals surface area contributed by atoms with Crippen molar-refractivity contribution in [3.05, 3.63) is 23.8 Å². The summed E-state index contributed by atoms with van der Waals surface area (Å²) in [4.78, 5) is 23.1. The van der Waals surface area contributed by atoms with E-state index in [9.17, 15) is 18.4 Å². The summed E-state index contributed by atoms with van der Waals surface area (Å²) in [6, 6.07) is 4.16. The van der Waals surface area contributed by atoms with Gasteiger partial charge in [0, 0.05) is 19.9 Å². The minimum absolute atomic E-state index is 0.166. The first-order valence-corrected chi connectivity index (χ1v) is 7.14. The molecule has 0 bridgehead atoms. The highest BCUT2D eigenvalue weighted by molar-refractivity contribution is 5.90. The van der Waals surface area contributed by atoms with Gasteiger partial charge in [0.2, 0.25) is 11.8 Å². The third kappa shape index (κ3) is 4.62. The molecule has 1 atom stereocenters. The lowest BCUT2D eigenvalue weighted by molar-refractivity contribution is -0.123. The van der Waals surface area contributed by atoms with Crippen molar-refractivity contribution in [3.63, 3.8) is 0 Å². The van der Waals surface area contributed by atoms with E-state index < -0.39 is 30.8 Å². The Bertz CT molecular complexity index is 608. The van der Waals surface area contributed by atoms with Gasteiger partial charge in [-0.2, -0.15) is 0 Å². The van der Waals surface area contributed by atoms with E-state index in [4.69, 9.17) is 4.74 Å². The van der Waals surface area contributed by atoms with Gasteiger partial charge in [-0.3, -0.25) is 14.9 Å². The van der Waals surface area contributed by atoms with Crippen molar-refractivity contribution in [1.29, 1.82) is 0 Å². The number of halogens is 2. The first-order valence-electron chi connectivity index (χ1n) is 7.14. The number of amides is 2. The largest absolute Gasteiger partial charge is 0.495 e. The molecule has 0 aromatic heterocycles. The fraction of sp³-hybridized carbons (Fsp3) is 0.467. The molecule has 1 unspecified atom stereocenters. The highest BCUT2D eigenvalue weighted by Gasteiger charge is 2.42. The number of ether oxygens (including phenoxy) is 1. The van der Waals surface area contributed by atoms with Crippen LogP contribution >= 0.6 is 0 Å². The van der Waals surface area contributed by atoms with Crippen LogP contribution < -0.4 is 20.7 Å². The quantitative estimate of drug-likeness (QED) is 0.761. The van der Waals surface area contributed by atoms with E-state index in [1.54, 1.807) is 18.2 Å². The molecule has 23 heavy (non-hydrogen) atoms. The summed E-state index contributed by atoms with van der Waals surface area (Å²) >= 11 is 0. The summed E-state index contributed by atoms with van der Waals surface area (Å²) in [5.41, 5.74) is 1.20. The molecule has 1 aliphatic heterocycles. The fourth-order valence-electron chi connectivity index (χ4n) is 2.37. The number of rotatable bonds is 5. The van der Waals surface area contributed by atoms with Gasteiger partial charge in [-0.1, -0.05) is 6.07 Å². The first-order chi connectivity index (χ1) is 10.8. The third-order valence-electron chi connectivity index (χ3n) is 3.47. The van der Waals surface area contributed by atoms with E-state index in [1.807, 2.05) is 0 Å². The normalized spacial score (nSPS) is 19.2. The molecular formula is C15H19F2N3O3. The molecule has 2 rings (SSSR count). The molecular weight excluding hydrogens is 308 g/mol. The standard InChI is InChI=1S/C15H19F2N3O3/c1-9(21)20-11-5-10(3-4-13(11)23-2)7-18-14(22)12-6-15(16,17)8-19-12/h3-5,12,19H,6-8H2,1-2H3,(H,18,22)(H,20,21). The minimum atomic E-state index is -2.85. The second kappa shape index (κ2) is 6.91. The molecule has 1 fully saturated rings. The van der Waals surface area contributed by atoms with Crippen molar-refractivity contribution >= 4 is 17.5 Å². The topological polar surface area (TPSA) is 79.5 Å². The van der Waals surface area contributed by atoms with Gasteiger partial charge in [-0.25, -0.2) is 8.78 Å². The van der Waals surface area contributed by atoms with Crippen LogP contribution in [0.25, 0.3) is 0 Å². The number of carbonyl (C=O) groups excluding carboxylic acids is 2. The predicted octanol–water partition coefficient (Wildman–Crippen LogP) is 1.27. The van der Waals surface area contributed by atoms with Gasteiger partial charge in [0.1, 0.15) is 5.75 Å². The zero-order chi connectivity index (χ0) is 17.0. The van der Waals surface area contributed by atoms with Gasteiger partial charge in [0.05, 0.1) is 25.4 Å². The molecule has 2 amide bonds. The van der Waals surface area contributed by atoms with Gasteiger partial charge in [-0.15, -0.1) is 0 Å². The Kier molecular flexibility index (Phi) is 5.15. The Morgan fingerprint density at radius 2 is 2.17 bits per heavy atom. The lowest BCUT2D eigenvalue weighted by atomic mass is 10.1. The average Bonchev–Trinajstić information content (AvgIpc) is 2.84. The summed E-state index contributed by atoms with van der Waals surface area (Å²) in [6.45, 7) is 1.05. The summed E-state index contributed by atoms with van der Waals surface area (Å²) in [5, 5.41) is 7.74. The molecule has 1 aromatic carbocycles. The maximum absolute atomic E-state index is 13.1. The van der Waals surface area contributed by atoms with E-state index in [1.165, 1.54) is 14.0 Å². The number of alkyl halides is 2. The maximum Gasteiger partial charge on any atom is 0.262 e. The van der Waals surface area contributed by atoms with Gasteiger partial charge >= 0.3 is 0 Å². The second-order valence-electron chi connectivity index (χ2n) is 5.43. The van der Waals surface area contributed by atoms with Crippen LogP contribution in [0.2, 0.25) is 0 Å². The Morgan fingerprint density at radius 3 is 2.74 bits per heavy atom. The summed E-state index contributed by atoms with van der Waals surface area (Å²) < 4.78 is 31.3. The molecule has 1 aromatic rings. The zero-order valence-corrected chi connectivity index (χ0v) is 12.9. The number of nitrogens with one attached hydrogen (secondary N) is 3. The van der Waals surface area contributed by atoms with Gasteiger partial charge in [0.25, 0.3) is 5.92 Å². The van der Waals surface area contributed by atoms with Gasteiger partial charge in [-0.05, 0) is 17.7 Å².